The average molecular weight is 524 g/mol. The van der Waals surface area contributed by atoms with Gasteiger partial charge in [0.15, 0.2) is 0 Å². The number of carbonyl (C=O) groups is 2. The van der Waals surface area contributed by atoms with Crippen LogP contribution in [-0.4, -0.2) is 58.3 Å². The molecule has 1 saturated heterocycles. The average Bonchev–Trinajstić information content (AvgIpc) is 3.40. The van der Waals surface area contributed by atoms with Crippen molar-refractivity contribution in [2.45, 2.75) is 78.3 Å². The Morgan fingerprint density at radius 3 is 2.08 bits per heavy atom. The van der Waals surface area contributed by atoms with Crippen LogP contribution in [0, 0.1) is 17.8 Å². The zero-order valence-electron chi connectivity index (χ0n) is 23.3. The molecule has 0 spiro atoms. The van der Waals surface area contributed by atoms with E-state index in [-0.39, 0.29) is 23.7 Å². The van der Waals surface area contributed by atoms with Crippen molar-refractivity contribution in [3.8, 4) is 0 Å². The van der Waals surface area contributed by atoms with Gasteiger partial charge in [-0.3, -0.25) is 14.5 Å². The van der Waals surface area contributed by atoms with Gasteiger partial charge in [-0.15, -0.1) is 0 Å². The van der Waals surface area contributed by atoms with Gasteiger partial charge < -0.3 is 20.8 Å². The summed E-state index contributed by atoms with van der Waals surface area (Å²) in [5, 5.41) is 28.2. The fourth-order valence-electron chi connectivity index (χ4n) is 5.21. The Kier molecular flexibility index (Phi) is 11.3. The minimum atomic E-state index is -1.34. The van der Waals surface area contributed by atoms with Gasteiger partial charge in [-0.05, 0) is 67.4 Å². The molecule has 1 aliphatic heterocycles. The quantitative estimate of drug-likeness (QED) is 0.320. The van der Waals surface area contributed by atoms with Gasteiger partial charge in [0.05, 0.1) is 18.1 Å². The highest BCUT2D eigenvalue weighted by Gasteiger charge is 2.38. The Hall–Kier alpha value is -2.74. The summed E-state index contributed by atoms with van der Waals surface area (Å²) in [5.41, 5.74) is 2.63. The largest absolute Gasteiger partial charge is 0.390 e. The Balaban J connectivity index is 1.66. The van der Waals surface area contributed by atoms with Crippen LogP contribution in [-0.2, 0) is 17.9 Å². The molecule has 0 radical (unpaired) electrons. The highest BCUT2D eigenvalue weighted by Crippen LogP contribution is 2.23. The van der Waals surface area contributed by atoms with E-state index in [2.05, 4.69) is 15.5 Å². The van der Waals surface area contributed by atoms with Gasteiger partial charge in [-0.1, -0.05) is 70.2 Å². The number of nitrogens with zero attached hydrogens (tertiary/aromatic N) is 1. The van der Waals surface area contributed by atoms with Gasteiger partial charge in [0, 0.05) is 18.7 Å². The summed E-state index contributed by atoms with van der Waals surface area (Å²) in [6.45, 7) is 11.1. The van der Waals surface area contributed by atoms with Crippen LogP contribution in [0.25, 0.3) is 0 Å². The molecule has 38 heavy (non-hydrogen) atoms. The van der Waals surface area contributed by atoms with E-state index in [1.807, 2.05) is 82.3 Å². The molecule has 1 fully saturated rings. The van der Waals surface area contributed by atoms with Gasteiger partial charge in [0.25, 0.3) is 5.91 Å². The number of carbonyl (C=O) groups excluding carboxylic acids is 2. The van der Waals surface area contributed by atoms with Crippen molar-refractivity contribution in [3.05, 3.63) is 71.3 Å². The topological polar surface area (TPSA) is 102 Å². The first-order valence-corrected chi connectivity index (χ1v) is 14.0. The number of likely N-dealkylation sites (tertiary alicyclic amines) is 1. The number of aliphatic hydroxyl groups is 2. The highest BCUT2D eigenvalue weighted by atomic mass is 16.3. The van der Waals surface area contributed by atoms with Crippen LogP contribution < -0.4 is 10.6 Å². The standard InChI is InChI=1S/C31H45N3O4/c1-21(2)18-26(33-30(37)25-14-12-24(13-15-25)20-34-16-8-9-17-34)28(35)29(36)27(22(3)4)31(38)32-19-23-10-6-5-7-11-23/h5-7,10-15,21-22,26-29,35-36H,8-9,16-20H2,1-4H3,(H,32,38)(H,33,37)/t26-,27+,28+,29+/m0/s1. The molecule has 2 aromatic rings. The molecule has 0 unspecified atom stereocenters. The maximum absolute atomic E-state index is 13.1. The molecular weight excluding hydrogens is 478 g/mol. The summed E-state index contributed by atoms with van der Waals surface area (Å²) in [5.74, 6) is -1.50. The van der Waals surface area contributed by atoms with Crippen LogP contribution >= 0.6 is 0 Å². The summed E-state index contributed by atoms with van der Waals surface area (Å²) in [6.07, 6.45) is 0.299. The normalized spacial score (nSPS) is 17.3. The molecule has 2 amide bonds. The summed E-state index contributed by atoms with van der Waals surface area (Å²) in [6, 6.07) is 16.4. The summed E-state index contributed by atoms with van der Waals surface area (Å²) in [7, 11) is 0. The van der Waals surface area contributed by atoms with E-state index in [9.17, 15) is 19.8 Å². The smallest absolute Gasteiger partial charge is 0.251 e. The van der Waals surface area contributed by atoms with Crippen molar-refractivity contribution in [2.24, 2.45) is 17.8 Å². The molecule has 208 valence electrons. The van der Waals surface area contributed by atoms with Gasteiger partial charge in [0.1, 0.15) is 6.10 Å². The molecule has 4 N–H and O–H groups in total. The first-order valence-electron chi connectivity index (χ1n) is 14.0. The Morgan fingerprint density at radius 2 is 1.50 bits per heavy atom. The molecule has 4 atom stereocenters. The lowest BCUT2D eigenvalue weighted by atomic mass is 9.83. The van der Waals surface area contributed by atoms with E-state index < -0.39 is 24.2 Å². The highest BCUT2D eigenvalue weighted by molar-refractivity contribution is 5.94. The molecule has 0 bridgehead atoms. The second kappa shape index (κ2) is 14.4. The van der Waals surface area contributed by atoms with E-state index in [1.54, 1.807) is 0 Å². The fourth-order valence-corrected chi connectivity index (χ4v) is 5.21. The Bertz CT molecular complexity index is 1000. The zero-order valence-corrected chi connectivity index (χ0v) is 23.3. The molecule has 0 saturated carbocycles. The SMILES string of the molecule is CC(C)C[C@H](NC(=O)c1ccc(CN2CCCC2)cc1)[C@@H](O)[C@H](O)[C@H](C(=O)NCc1ccccc1)C(C)C. The van der Waals surface area contributed by atoms with Gasteiger partial charge in [-0.2, -0.15) is 0 Å². The minimum Gasteiger partial charge on any atom is -0.390 e. The first kappa shape index (κ1) is 29.8. The van der Waals surface area contributed by atoms with Crippen LogP contribution in [0.2, 0.25) is 0 Å². The fraction of sp³-hybridized carbons (Fsp3) is 0.548. The van der Waals surface area contributed by atoms with Gasteiger partial charge >= 0.3 is 0 Å². The van der Waals surface area contributed by atoms with Crippen molar-refractivity contribution in [1.82, 2.24) is 15.5 Å². The number of nitrogens with one attached hydrogen (secondary N) is 2. The number of benzene rings is 2. The van der Waals surface area contributed by atoms with Gasteiger partial charge in [0.2, 0.25) is 5.91 Å². The van der Waals surface area contributed by atoms with Crippen molar-refractivity contribution in [1.29, 1.82) is 0 Å². The Labute approximate surface area is 227 Å². The molecular formula is C31H45N3O4. The lowest BCUT2D eigenvalue weighted by molar-refractivity contribution is -0.136. The van der Waals surface area contributed by atoms with Crippen molar-refractivity contribution >= 4 is 11.8 Å². The van der Waals surface area contributed by atoms with Crippen molar-refractivity contribution in [2.75, 3.05) is 13.1 Å². The summed E-state index contributed by atoms with van der Waals surface area (Å²) in [4.78, 5) is 28.6. The number of hydrogen-bond acceptors (Lipinski definition) is 5. The molecule has 1 aliphatic rings. The third-order valence-electron chi connectivity index (χ3n) is 7.32. The first-order chi connectivity index (χ1) is 18.2. The van der Waals surface area contributed by atoms with Crippen LogP contribution in [0.15, 0.2) is 54.6 Å². The Morgan fingerprint density at radius 1 is 0.868 bits per heavy atom. The van der Waals surface area contributed by atoms with Crippen LogP contribution in [0.5, 0.6) is 0 Å². The maximum Gasteiger partial charge on any atom is 0.251 e. The van der Waals surface area contributed by atoms with Crippen molar-refractivity contribution < 1.29 is 19.8 Å². The molecule has 7 nitrogen and oxygen atoms in total. The third-order valence-corrected chi connectivity index (χ3v) is 7.32. The summed E-state index contributed by atoms with van der Waals surface area (Å²) >= 11 is 0. The molecule has 7 heteroatoms. The minimum absolute atomic E-state index is 0.161. The number of amides is 2. The van der Waals surface area contributed by atoms with E-state index in [0.29, 0.717) is 18.5 Å². The van der Waals surface area contributed by atoms with E-state index in [4.69, 9.17) is 0 Å². The second-order valence-electron chi connectivity index (χ2n) is 11.3. The molecule has 3 rings (SSSR count). The number of aliphatic hydroxyl groups excluding tert-OH is 2. The van der Waals surface area contributed by atoms with E-state index >= 15 is 0 Å². The zero-order chi connectivity index (χ0) is 27.7. The third kappa shape index (κ3) is 8.65. The van der Waals surface area contributed by atoms with Gasteiger partial charge in [-0.25, -0.2) is 0 Å². The molecule has 1 heterocycles. The lowest BCUT2D eigenvalue weighted by Crippen LogP contribution is -2.54. The van der Waals surface area contributed by atoms with E-state index in [1.165, 1.54) is 18.4 Å². The number of hydrogen-bond donors (Lipinski definition) is 4. The predicted octanol–water partition coefficient (Wildman–Crippen LogP) is 3.74. The predicted molar refractivity (Wildman–Crippen MR) is 150 cm³/mol. The number of rotatable bonds is 13. The van der Waals surface area contributed by atoms with Crippen LogP contribution in [0.3, 0.4) is 0 Å². The lowest BCUT2D eigenvalue weighted by Gasteiger charge is -2.34. The molecule has 0 aliphatic carbocycles. The second-order valence-corrected chi connectivity index (χ2v) is 11.3. The summed E-state index contributed by atoms with van der Waals surface area (Å²) < 4.78 is 0. The van der Waals surface area contributed by atoms with Crippen molar-refractivity contribution in [3.63, 3.8) is 0 Å². The molecule has 0 aromatic heterocycles. The maximum atomic E-state index is 13.1. The van der Waals surface area contributed by atoms with Crippen LogP contribution in [0.4, 0.5) is 0 Å². The molecule has 2 aromatic carbocycles. The monoisotopic (exact) mass is 523 g/mol. The van der Waals surface area contributed by atoms with E-state index in [0.717, 1.165) is 25.2 Å². The van der Waals surface area contributed by atoms with Crippen LogP contribution in [0.1, 0.15) is 68.4 Å².